The van der Waals surface area contributed by atoms with Crippen LogP contribution < -0.4 is 9.64 Å². The molecule has 0 spiro atoms. The second kappa shape index (κ2) is 9.29. The molecule has 0 bridgehead atoms. The smallest absolute Gasteiger partial charge is 0.296 e. The molecule has 10 nitrogen and oxygen atoms in total. The second-order valence-electron chi connectivity index (χ2n) is 10.4. The number of aliphatic hydroxyl groups excluding tert-OH is 1. The van der Waals surface area contributed by atoms with Gasteiger partial charge in [0, 0.05) is 36.0 Å². The summed E-state index contributed by atoms with van der Waals surface area (Å²) in [5.74, 6) is 0. The highest BCUT2D eigenvalue weighted by atomic mass is 35.5. The van der Waals surface area contributed by atoms with Crippen molar-refractivity contribution in [1.29, 1.82) is 0 Å². The molecular formula is C26H29ClN6O4. The van der Waals surface area contributed by atoms with Crippen molar-refractivity contribution < 1.29 is 19.7 Å². The summed E-state index contributed by atoms with van der Waals surface area (Å²) < 4.78 is 13.2. The minimum atomic E-state index is -0.799. The van der Waals surface area contributed by atoms with Crippen molar-refractivity contribution in [3.05, 3.63) is 52.8 Å². The van der Waals surface area contributed by atoms with Crippen molar-refractivity contribution in [3.8, 4) is 17.3 Å². The second-order valence-corrected chi connectivity index (χ2v) is 10.8. The van der Waals surface area contributed by atoms with Crippen LogP contribution in [0, 0.1) is 0 Å². The van der Waals surface area contributed by atoms with E-state index in [1.807, 2.05) is 23.0 Å². The van der Waals surface area contributed by atoms with Crippen LogP contribution in [-0.2, 0) is 24.4 Å². The first-order valence-corrected chi connectivity index (χ1v) is 12.7. The van der Waals surface area contributed by atoms with Crippen LogP contribution >= 0.6 is 11.6 Å². The summed E-state index contributed by atoms with van der Waals surface area (Å²) >= 11 is 6.59. The highest BCUT2D eigenvalue weighted by Crippen LogP contribution is 2.33. The topological polar surface area (TPSA) is 122 Å². The van der Waals surface area contributed by atoms with Gasteiger partial charge in [0.25, 0.3) is 6.01 Å². The molecule has 4 aromatic rings. The Bertz CT molecular complexity index is 1400. The van der Waals surface area contributed by atoms with Crippen molar-refractivity contribution in [1.82, 2.24) is 24.7 Å². The number of aromatic amines is 1. The van der Waals surface area contributed by atoms with Gasteiger partial charge in [-0.2, -0.15) is 10.1 Å². The van der Waals surface area contributed by atoms with Gasteiger partial charge in [0.1, 0.15) is 6.10 Å². The molecule has 3 aromatic heterocycles. The van der Waals surface area contributed by atoms with Gasteiger partial charge in [0.05, 0.1) is 59.9 Å². The third-order valence-corrected chi connectivity index (χ3v) is 6.90. The molecule has 2 atom stereocenters. The van der Waals surface area contributed by atoms with Gasteiger partial charge in [0.2, 0.25) is 0 Å². The summed E-state index contributed by atoms with van der Waals surface area (Å²) in [7, 11) is 0. The van der Waals surface area contributed by atoms with Crippen LogP contribution in [0.1, 0.15) is 31.5 Å². The van der Waals surface area contributed by atoms with E-state index in [0.29, 0.717) is 47.5 Å². The molecule has 0 radical (unpaired) electrons. The molecule has 1 aromatic carbocycles. The number of hydrogen-bond acceptors (Lipinski definition) is 8. The van der Waals surface area contributed by atoms with Crippen LogP contribution in [0.4, 0.5) is 5.69 Å². The molecule has 1 saturated heterocycles. The van der Waals surface area contributed by atoms with Gasteiger partial charge in [0.15, 0.2) is 5.65 Å². The number of fused-ring (bicyclic) bond motifs is 2. The number of rotatable bonds is 7. The molecule has 37 heavy (non-hydrogen) atoms. The van der Waals surface area contributed by atoms with Gasteiger partial charge >= 0.3 is 0 Å². The van der Waals surface area contributed by atoms with E-state index in [9.17, 15) is 10.2 Å². The number of halogens is 1. The predicted molar refractivity (Wildman–Crippen MR) is 139 cm³/mol. The average Bonchev–Trinajstić information content (AvgIpc) is 3.61. The Labute approximate surface area is 218 Å². The number of hydrogen-bond donors (Lipinski definition) is 3. The van der Waals surface area contributed by atoms with Gasteiger partial charge in [-0.15, -0.1) is 0 Å². The summed E-state index contributed by atoms with van der Waals surface area (Å²) in [6, 6.07) is 10.3. The standard InChI is InChI=1S/C26H29ClN6O4/c1-26(2,35)14-33-10-16-9-32(11-22(16)31-33)17-5-3-15(4-6-17)23-20(27)8-21-24(29-23)30-25(28-21)37-19-7-18(12-34)36-13-19/h3-6,8,10,18-19,34-35H,7,9,11-14H2,1-2H3,(H,28,29,30)/t18-,19-/m0/s1. The molecule has 0 unspecified atom stereocenters. The minimum absolute atomic E-state index is 0.0224. The number of imidazole rings is 1. The number of H-pyrrole nitrogens is 1. The van der Waals surface area contributed by atoms with Crippen molar-refractivity contribution in [2.45, 2.75) is 57.7 Å². The van der Waals surface area contributed by atoms with Crippen LogP contribution in [-0.4, -0.2) is 66.0 Å². The molecule has 2 aliphatic heterocycles. The highest BCUT2D eigenvalue weighted by molar-refractivity contribution is 6.33. The molecular weight excluding hydrogens is 496 g/mol. The van der Waals surface area contributed by atoms with Gasteiger partial charge in [-0.1, -0.05) is 23.7 Å². The van der Waals surface area contributed by atoms with E-state index in [1.54, 1.807) is 19.9 Å². The zero-order valence-corrected chi connectivity index (χ0v) is 21.4. The zero-order chi connectivity index (χ0) is 25.7. The van der Waals surface area contributed by atoms with E-state index in [4.69, 9.17) is 21.1 Å². The van der Waals surface area contributed by atoms with E-state index in [-0.39, 0.29) is 18.8 Å². The number of nitrogens with one attached hydrogen (secondary N) is 1. The van der Waals surface area contributed by atoms with E-state index >= 15 is 0 Å². The van der Waals surface area contributed by atoms with Crippen LogP contribution in [0.2, 0.25) is 5.02 Å². The quantitative estimate of drug-likeness (QED) is 0.337. The molecule has 6 rings (SSSR count). The molecule has 0 amide bonds. The van der Waals surface area contributed by atoms with Crippen molar-refractivity contribution in [2.75, 3.05) is 18.1 Å². The molecule has 0 saturated carbocycles. The number of nitrogens with zero attached hydrogens (tertiary/aromatic N) is 5. The van der Waals surface area contributed by atoms with E-state index in [1.165, 1.54) is 5.56 Å². The molecule has 5 heterocycles. The Hall–Kier alpha value is -3.18. The molecule has 194 valence electrons. The maximum Gasteiger partial charge on any atom is 0.296 e. The van der Waals surface area contributed by atoms with Crippen molar-refractivity contribution in [2.24, 2.45) is 0 Å². The predicted octanol–water partition coefficient (Wildman–Crippen LogP) is 3.29. The normalized spacial score (nSPS) is 19.6. The summed E-state index contributed by atoms with van der Waals surface area (Å²) in [6.45, 7) is 5.91. The highest BCUT2D eigenvalue weighted by Gasteiger charge is 2.28. The molecule has 11 heteroatoms. The Morgan fingerprint density at radius 1 is 1.22 bits per heavy atom. The van der Waals surface area contributed by atoms with Crippen LogP contribution in [0.15, 0.2) is 36.5 Å². The lowest BCUT2D eigenvalue weighted by Gasteiger charge is -2.20. The number of aromatic nitrogens is 5. The van der Waals surface area contributed by atoms with Gasteiger partial charge in [-0.05, 0) is 32.0 Å². The average molecular weight is 525 g/mol. The van der Waals surface area contributed by atoms with E-state index in [0.717, 1.165) is 30.0 Å². The van der Waals surface area contributed by atoms with Crippen molar-refractivity contribution in [3.63, 3.8) is 0 Å². The van der Waals surface area contributed by atoms with Crippen LogP contribution in [0.3, 0.4) is 0 Å². The van der Waals surface area contributed by atoms with Crippen molar-refractivity contribution >= 4 is 28.5 Å². The van der Waals surface area contributed by atoms with Gasteiger partial charge in [-0.3, -0.25) is 4.68 Å². The Balaban J connectivity index is 1.16. The first-order chi connectivity index (χ1) is 17.7. The third-order valence-electron chi connectivity index (χ3n) is 6.61. The summed E-state index contributed by atoms with van der Waals surface area (Å²) in [6.07, 6.45) is 2.26. The lowest BCUT2D eigenvalue weighted by atomic mass is 10.1. The lowest BCUT2D eigenvalue weighted by molar-refractivity contribution is 0.0528. The summed E-state index contributed by atoms with van der Waals surface area (Å²) in [4.78, 5) is 14.6. The van der Waals surface area contributed by atoms with Gasteiger partial charge in [-0.25, -0.2) is 4.98 Å². The fourth-order valence-electron chi connectivity index (χ4n) is 4.89. The van der Waals surface area contributed by atoms with E-state index in [2.05, 4.69) is 37.1 Å². The first kappa shape index (κ1) is 24.2. The molecule has 1 fully saturated rings. The molecule has 2 aliphatic rings. The monoisotopic (exact) mass is 524 g/mol. The maximum absolute atomic E-state index is 10.1. The fourth-order valence-corrected chi connectivity index (χ4v) is 5.15. The Kier molecular flexibility index (Phi) is 6.07. The fraction of sp³-hybridized carbons (Fsp3) is 0.423. The van der Waals surface area contributed by atoms with Gasteiger partial charge < -0.3 is 29.6 Å². The summed E-state index contributed by atoms with van der Waals surface area (Å²) in [5, 5.41) is 24.5. The Morgan fingerprint density at radius 2 is 2.03 bits per heavy atom. The van der Waals surface area contributed by atoms with E-state index < -0.39 is 5.60 Å². The SMILES string of the molecule is CC(C)(O)Cn1cc2c(n1)CN(c1ccc(-c3nc4nc(O[C@@H]5CO[C@H](CO)C5)[nH]c4cc3Cl)cc1)C2. The number of pyridine rings is 1. The first-order valence-electron chi connectivity index (χ1n) is 12.3. The number of aliphatic hydroxyl groups is 2. The Morgan fingerprint density at radius 3 is 2.73 bits per heavy atom. The minimum Gasteiger partial charge on any atom is -0.459 e. The number of ether oxygens (including phenoxy) is 2. The van der Waals surface area contributed by atoms with Crippen LogP contribution in [0.25, 0.3) is 22.4 Å². The lowest BCUT2D eigenvalue weighted by Crippen LogP contribution is -2.26. The number of anilines is 1. The maximum atomic E-state index is 10.1. The third kappa shape index (κ3) is 5.02. The number of benzene rings is 1. The summed E-state index contributed by atoms with van der Waals surface area (Å²) in [5.41, 5.74) is 5.25. The zero-order valence-electron chi connectivity index (χ0n) is 20.7. The van der Waals surface area contributed by atoms with Crippen LogP contribution in [0.5, 0.6) is 6.01 Å². The molecule has 3 N–H and O–H groups in total. The molecule has 0 aliphatic carbocycles. The largest absolute Gasteiger partial charge is 0.459 e.